The summed E-state index contributed by atoms with van der Waals surface area (Å²) in [6, 6.07) is 3.02. The molecule has 0 saturated carbocycles. The first-order valence-electron chi connectivity index (χ1n) is 11.2. The predicted molar refractivity (Wildman–Crippen MR) is 129 cm³/mol. The highest BCUT2D eigenvalue weighted by Crippen LogP contribution is 2.39. The van der Waals surface area contributed by atoms with Gasteiger partial charge in [0.05, 0.1) is 17.5 Å². The molecule has 3 aromatic rings. The Kier molecular flexibility index (Phi) is 7.80. The molecule has 0 spiro atoms. The predicted octanol–water partition coefficient (Wildman–Crippen LogP) is 7.27. The molecule has 11 heteroatoms. The minimum Gasteiger partial charge on any atom is -0.598 e. The normalized spacial score (nSPS) is 15.1. The van der Waals surface area contributed by atoms with E-state index < -0.39 is 51.8 Å². The minimum absolute atomic E-state index is 0.0643. The van der Waals surface area contributed by atoms with Crippen molar-refractivity contribution in [1.82, 2.24) is 14.3 Å². The first kappa shape index (κ1) is 28.3. The highest BCUT2D eigenvalue weighted by molar-refractivity contribution is 7.90. The van der Waals surface area contributed by atoms with E-state index in [1.165, 1.54) is 24.4 Å². The number of alkyl halides is 5. The van der Waals surface area contributed by atoms with Crippen molar-refractivity contribution in [2.24, 2.45) is 5.41 Å². The molecular weight excluding hydrogens is 504 g/mol. The first-order valence-corrected chi connectivity index (χ1v) is 12.4. The summed E-state index contributed by atoms with van der Waals surface area (Å²) < 4.78 is 98.9. The van der Waals surface area contributed by atoms with Crippen LogP contribution in [0.3, 0.4) is 0 Å². The summed E-state index contributed by atoms with van der Waals surface area (Å²) in [4.78, 5) is 3.69. The lowest BCUT2D eigenvalue weighted by molar-refractivity contribution is -0.137. The van der Waals surface area contributed by atoms with Crippen molar-refractivity contribution in [3.05, 3.63) is 53.6 Å². The molecule has 0 aliphatic heterocycles. The zero-order valence-corrected chi connectivity index (χ0v) is 21.6. The van der Waals surface area contributed by atoms with Gasteiger partial charge in [0.1, 0.15) is 16.6 Å². The fourth-order valence-corrected chi connectivity index (χ4v) is 4.60. The molecule has 198 valence electrons. The zero-order chi connectivity index (χ0) is 27.2. The molecule has 4 nitrogen and oxygen atoms in total. The van der Waals surface area contributed by atoms with Crippen LogP contribution in [0.1, 0.15) is 58.7 Å². The van der Waals surface area contributed by atoms with Crippen molar-refractivity contribution < 1.29 is 30.9 Å². The number of benzene rings is 1. The van der Waals surface area contributed by atoms with E-state index in [9.17, 15) is 30.9 Å². The second kappa shape index (κ2) is 9.90. The van der Waals surface area contributed by atoms with Crippen LogP contribution in [0.15, 0.2) is 36.7 Å². The number of halogens is 6. The molecule has 3 rings (SSSR count). The van der Waals surface area contributed by atoms with Crippen LogP contribution in [0, 0.1) is 11.2 Å². The van der Waals surface area contributed by atoms with Crippen molar-refractivity contribution >= 4 is 22.3 Å². The van der Waals surface area contributed by atoms with Gasteiger partial charge in [0.25, 0.3) is 6.43 Å². The maximum atomic E-state index is 14.2. The lowest BCUT2D eigenvalue weighted by Gasteiger charge is -2.27. The van der Waals surface area contributed by atoms with Crippen molar-refractivity contribution in [3.8, 4) is 11.3 Å². The number of pyridine rings is 1. The Balaban J connectivity index is 2.23. The SMILES string of the molecule is CC(C)(C)Cn1cc(C(N[S+]([O-])C(C)(C)C)C(F)F)c2ccc(-c3ncc(F)cc3C(F)(F)F)cc21. The lowest BCUT2D eigenvalue weighted by Crippen LogP contribution is -2.43. The number of hydrogen-bond acceptors (Lipinski definition) is 3. The van der Waals surface area contributed by atoms with Gasteiger partial charge in [0.15, 0.2) is 0 Å². The molecule has 0 aliphatic carbocycles. The summed E-state index contributed by atoms with van der Waals surface area (Å²) in [5.41, 5.74) is -1.35. The van der Waals surface area contributed by atoms with Gasteiger partial charge in [0.2, 0.25) is 0 Å². The van der Waals surface area contributed by atoms with Gasteiger partial charge in [-0.05, 0) is 38.3 Å². The third kappa shape index (κ3) is 6.36. The highest BCUT2D eigenvalue weighted by atomic mass is 32.2. The van der Waals surface area contributed by atoms with E-state index in [1.807, 2.05) is 20.8 Å². The Morgan fingerprint density at radius 3 is 2.22 bits per heavy atom. The van der Waals surface area contributed by atoms with Gasteiger partial charge < -0.3 is 9.12 Å². The molecule has 1 N–H and O–H groups in total. The molecule has 1 aromatic carbocycles. The van der Waals surface area contributed by atoms with Crippen LogP contribution in [0.5, 0.6) is 0 Å². The molecule has 2 aromatic heterocycles. The second-order valence-corrected chi connectivity index (χ2v) is 12.9. The summed E-state index contributed by atoms with van der Waals surface area (Å²) in [7, 11) is 0. The molecule has 0 aliphatic rings. The van der Waals surface area contributed by atoms with E-state index >= 15 is 0 Å². The van der Waals surface area contributed by atoms with Gasteiger partial charge in [-0.2, -0.15) is 13.2 Å². The summed E-state index contributed by atoms with van der Waals surface area (Å²) >= 11 is -1.80. The van der Waals surface area contributed by atoms with E-state index in [0.717, 1.165) is 0 Å². The Morgan fingerprint density at radius 2 is 1.69 bits per heavy atom. The first-order chi connectivity index (χ1) is 16.4. The molecule has 2 heterocycles. The summed E-state index contributed by atoms with van der Waals surface area (Å²) in [6.45, 7) is 11.1. The topological polar surface area (TPSA) is 52.9 Å². The summed E-state index contributed by atoms with van der Waals surface area (Å²) in [6.07, 6.45) is -5.53. The van der Waals surface area contributed by atoms with E-state index in [-0.39, 0.29) is 16.5 Å². The van der Waals surface area contributed by atoms with Crippen molar-refractivity contribution in [3.63, 3.8) is 0 Å². The van der Waals surface area contributed by atoms with Crippen LogP contribution < -0.4 is 4.72 Å². The largest absolute Gasteiger partial charge is 0.598 e. The third-order valence-electron chi connectivity index (χ3n) is 5.37. The molecule has 2 atom stereocenters. The molecule has 0 radical (unpaired) electrons. The minimum atomic E-state index is -4.85. The standard InChI is InChI=1S/C25H29F6N3OS/c1-23(2,3)13-34-12-17(21(22(27)28)33-36(35)24(4,5)6)16-8-7-14(9-19(16)34)20-18(25(29,30)31)10-15(26)11-32-20/h7-12,21-22,33H,13H2,1-6H3. The Labute approximate surface area is 209 Å². The molecule has 0 saturated heterocycles. The number of nitrogens with zero attached hydrogens (tertiary/aromatic N) is 2. The quantitative estimate of drug-likeness (QED) is 0.268. The van der Waals surface area contributed by atoms with Crippen LogP contribution in [0.25, 0.3) is 22.2 Å². The number of nitrogens with one attached hydrogen (secondary N) is 1. The number of hydrogen-bond donors (Lipinski definition) is 1. The third-order valence-corrected chi connectivity index (χ3v) is 6.95. The van der Waals surface area contributed by atoms with E-state index in [1.54, 1.807) is 25.3 Å². The average molecular weight is 534 g/mol. The van der Waals surface area contributed by atoms with Gasteiger partial charge in [0, 0.05) is 46.1 Å². The van der Waals surface area contributed by atoms with Crippen LogP contribution in [-0.4, -0.2) is 25.3 Å². The van der Waals surface area contributed by atoms with Crippen molar-refractivity contribution in [2.45, 2.75) is 71.5 Å². The molecular formula is C25H29F6N3OS. The fraction of sp³-hybridized carbons (Fsp3) is 0.480. The second-order valence-electron chi connectivity index (χ2n) is 10.9. The maximum absolute atomic E-state index is 14.2. The molecule has 0 bridgehead atoms. The fourth-order valence-electron chi connectivity index (χ4n) is 3.79. The van der Waals surface area contributed by atoms with E-state index in [4.69, 9.17) is 0 Å². The van der Waals surface area contributed by atoms with Crippen LogP contribution in [-0.2, 0) is 24.1 Å². The van der Waals surface area contributed by atoms with Crippen LogP contribution in [0.4, 0.5) is 26.3 Å². The summed E-state index contributed by atoms with van der Waals surface area (Å²) in [5.74, 6) is -1.12. The zero-order valence-electron chi connectivity index (χ0n) is 20.8. The Hall–Kier alpha value is -2.24. The van der Waals surface area contributed by atoms with Gasteiger partial charge in [-0.15, -0.1) is 4.72 Å². The van der Waals surface area contributed by atoms with E-state index in [2.05, 4.69) is 9.71 Å². The van der Waals surface area contributed by atoms with Gasteiger partial charge >= 0.3 is 6.18 Å². The Morgan fingerprint density at radius 1 is 1.06 bits per heavy atom. The Bertz CT molecular complexity index is 1230. The van der Waals surface area contributed by atoms with Gasteiger partial charge in [-0.25, -0.2) is 13.2 Å². The smallest absolute Gasteiger partial charge is 0.418 e. The number of fused-ring (bicyclic) bond motifs is 1. The molecule has 36 heavy (non-hydrogen) atoms. The average Bonchev–Trinajstić information content (AvgIpc) is 3.05. The lowest BCUT2D eigenvalue weighted by atomic mass is 9.97. The van der Waals surface area contributed by atoms with Gasteiger partial charge in [-0.3, -0.25) is 4.98 Å². The van der Waals surface area contributed by atoms with Gasteiger partial charge in [-0.1, -0.05) is 32.9 Å². The highest BCUT2D eigenvalue weighted by Gasteiger charge is 2.37. The van der Waals surface area contributed by atoms with Crippen molar-refractivity contribution in [2.75, 3.05) is 0 Å². The molecule has 2 unspecified atom stereocenters. The molecule has 0 fully saturated rings. The van der Waals surface area contributed by atoms with Crippen LogP contribution >= 0.6 is 0 Å². The van der Waals surface area contributed by atoms with E-state index in [0.29, 0.717) is 29.7 Å². The molecule has 0 amide bonds. The maximum Gasteiger partial charge on any atom is 0.418 e. The van der Waals surface area contributed by atoms with Crippen LogP contribution in [0.2, 0.25) is 0 Å². The monoisotopic (exact) mass is 533 g/mol. The number of rotatable bonds is 6. The summed E-state index contributed by atoms with van der Waals surface area (Å²) in [5, 5.41) is 0.377. The van der Waals surface area contributed by atoms with Crippen molar-refractivity contribution in [1.29, 1.82) is 0 Å². The number of aromatic nitrogens is 2.